The molecule has 2 amide bonds. The van der Waals surface area contributed by atoms with Gasteiger partial charge in [-0.1, -0.05) is 23.7 Å². The topological polar surface area (TPSA) is 62.3 Å². The van der Waals surface area contributed by atoms with Gasteiger partial charge < -0.3 is 19.3 Å². The minimum absolute atomic E-state index is 0.0247. The molecular formula is C26H32ClN3O4. The SMILES string of the molecule is COc1cc(OC)cc(C(=O)N2CCC(C(=O)N3CCN(Cc4cccc(Cl)c4)CC3)CC2)c1. The van der Waals surface area contributed by atoms with E-state index in [0.29, 0.717) is 43.0 Å². The van der Waals surface area contributed by atoms with Crippen molar-refractivity contribution in [3.8, 4) is 11.5 Å². The Kier molecular flexibility index (Phi) is 7.95. The standard InChI is InChI=1S/C26H32ClN3O4/c1-33-23-15-21(16-24(17-23)34-2)26(32)29-8-6-20(7-9-29)25(31)30-12-10-28(11-13-30)18-19-4-3-5-22(27)14-19/h3-5,14-17,20H,6-13,18H2,1-2H3. The molecule has 0 radical (unpaired) electrons. The third kappa shape index (κ3) is 5.83. The van der Waals surface area contributed by atoms with E-state index >= 15 is 0 Å². The maximum Gasteiger partial charge on any atom is 0.254 e. The number of carbonyl (C=O) groups is 2. The largest absolute Gasteiger partial charge is 0.497 e. The smallest absolute Gasteiger partial charge is 0.254 e. The summed E-state index contributed by atoms with van der Waals surface area (Å²) in [5, 5.41) is 0.752. The molecule has 0 unspecified atom stereocenters. The van der Waals surface area contributed by atoms with Crippen LogP contribution < -0.4 is 9.47 Å². The number of nitrogens with zero attached hydrogens (tertiary/aromatic N) is 3. The van der Waals surface area contributed by atoms with Crippen molar-refractivity contribution in [2.75, 3.05) is 53.5 Å². The minimum Gasteiger partial charge on any atom is -0.497 e. The molecule has 2 fully saturated rings. The molecule has 34 heavy (non-hydrogen) atoms. The van der Waals surface area contributed by atoms with Gasteiger partial charge >= 0.3 is 0 Å². The molecule has 0 bridgehead atoms. The summed E-state index contributed by atoms with van der Waals surface area (Å²) in [6.45, 7) is 5.18. The van der Waals surface area contributed by atoms with Crippen LogP contribution in [0, 0.1) is 5.92 Å². The number of ether oxygens (including phenoxy) is 2. The van der Waals surface area contributed by atoms with Crippen LogP contribution in [0.4, 0.5) is 0 Å². The highest BCUT2D eigenvalue weighted by atomic mass is 35.5. The van der Waals surface area contributed by atoms with Crippen molar-refractivity contribution in [2.24, 2.45) is 5.92 Å². The summed E-state index contributed by atoms with van der Waals surface area (Å²) in [4.78, 5) is 32.3. The Labute approximate surface area is 206 Å². The van der Waals surface area contributed by atoms with E-state index in [1.165, 1.54) is 5.56 Å². The van der Waals surface area contributed by atoms with Gasteiger partial charge in [0, 0.05) is 68.4 Å². The number of piperidine rings is 1. The first-order valence-corrected chi connectivity index (χ1v) is 12.1. The third-order valence-electron chi connectivity index (χ3n) is 6.71. The Bertz CT molecular complexity index is 993. The molecule has 0 N–H and O–H groups in total. The highest BCUT2D eigenvalue weighted by Gasteiger charge is 2.32. The lowest BCUT2D eigenvalue weighted by molar-refractivity contribution is -0.138. The maximum absolute atomic E-state index is 13.1. The van der Waals surface area contributed by atoms with Crippen molar-refractivity contribution in [3.63, 3.8) is 0 Å². The lowest BCUT2D eigenvalue weighted by atomic mass is 9.94. The second-order valence-corrected chi connectivity index (χ2v) is 9.34. The number of methoxy groups -OCH3 is 2. The van der Waals surface area contributed by atoms with E-state index < -0.39 is 0 Å². The summed E-state index contributed by atoms with van der Waals surface area (Å²) in [6.07, 6.45) is 1.38. The first kappa shape index (κ1) is 24.4. The lowest BCUT2D eigenvalue weighted by Gasteiger charge is -2.38. The van der Waals surface area contributed by atoms with Crippen molar-refractivity contribution in [1.82, 2.24) is 14.7 Å². The van der Waals surface area contributed by atoms with E-state index in [9.17, 15) is 9.59 Å². The summed E-state index contributed by atoms with van der Waals surface area (Å²) in [7, 11) is 3.13. The number of hydrogen-bond acceptors (Lipinski definition) is 5. The highest BCUT2D eigenvalue weighted by Crippen LogP contribution is 2.26. The number of halogens is 1. The fourth-order valence-corrected chi connectivity index (χ4v) is 4.93. The second kappa shape index (κ2) is 11.1. The van der Waals surface area contributed by atoms with Crippen LogP contribution in [-0.4, -0.2) is 80.0 Å². The second-order valence-electron chi connectivity index (χ2n) is 8.90. The van der Waals surface area contributed by atoms with Gasteiger partial charge in [-0.05, 0) is 42.7 Å². The summed E-state index contributed by atoms with van der Waals surface area (Å²) >= 11 is 6.10. The van der Waals surface area contributed by atoms with Gasteiger partial charge in [0.15, 0.2) is 0 Å². The van der Waals surface area contributed by atoms with Crippen molar-refractivity contribution in [2.45, 2.75) is 19.4 Å². The predicted octanol–water partition coefficient (Wildman–Crippen LogP) is 3.55. The zero-order valence-electron chi connectivity index (χ0n) is 19.8. The number of piperazine rings is 1. The Morgan fingerprint density at radius 1 is 0.882 bits per heavy atom. The van der Waals surface area contributed by atoms with E-state index in [2.05, 4.69) is 11.0 Å². The summed E-state index contributed by atoms with van der Waals surface area (Å²) in [6, 6.07) is 13.1. The molecule has 2 aromatic rings. The first-order valence-electron chi connectivity index (χ1n) is 11.7. The molecule has 2 aliphatic rings. The van der Waals surface area contributed by atoms with Crippen LogP contribution in [-0.2, 0) is 11.3 Å². The van der Waals surface area contributed by atoms with Gasteiger partial charge in [0.2, 0.25) is 5.91 Å². The molecule has 0 saturated carbocycles. The predicted molar refractivity (Wildman–Crippen MR) is 131 cm³/mol. The average molecular weight is 486 g/mol. The Morgan fingerprint density at radius 2 is 1.53 bits per heavy atom. The molecule has 8 heteroatoms. The van der Waals surface area contributed by atoms with E-state index in [1.54, 1.807) is 32.4 Å². The monoisotopic (exact) mass is 485 g/mol. The number of amides is 2. The molecular weight excluding hydrogens is 454 g/mol. The number of likely N-dealkylation sites (tertiary alicyclic amines) is 1. The minimum atomic E-state index is -0.0577. The molecule has 2 aliphatic heterocycles. The molecule has 4 rings (SSSR count). The van der Waals surface area contributed by atoms with Gasteiger partial charge in [-0.3, -0.25) is 14.5 Å². The van der Waals surface area contributed by atoms with Crippen LogP contribution in [0.15, 0.2) is 42.5 Å². The van der Waals surface area contributed by atoms with Crippen molar-refractivity contribution < 1.29 is 19.1 Å². The number of carbonyl (C=O) groups excluding carboxylic acids is 2. The molecule has 2 aromatic carbocycles. The Morgan fingerprint density at radius 3 is 2.12 bits per heavy atom. The van der Waals surface area contributed by atoms with Crippen LogP contribution in [0.5, 0.6) is 11.5 Å². The fourth-order valence-electron chi connectivity index (χ4n) is 4.72. The van der Waals surface area contributed by atoms with Crippen molar-refractivity contribution in [1.29, 1.82) is 0 Å². The van der Waals surface area contributed by atoms with Crippen LogP contribution in [0.25, 0.3) is 0 Å². The van der Waals surface area contributed by atoms with E-state index in [0.717, 1.165) is 37.7 Å². The van der Waals surface area contributed by atoms with Gasteiger partial charge in [0.1, 0.15) is 11.5 Å². The van der Waals surface area contributed by atoms with Crippen molar-refractivity contribution in [3.05, 3.63) is 58.6 Å². The number of benzene rings is 2. The van der Waals surface area contributed by atoms with Gasteiger partial charge in [-0.2, -0.15) is 0 Å². The molecule has 2 heterocycles. The van der Waals surface area contributed by atoms with E-state index in [1.807, 2.05) is 28.0 Å². The fraction of sp³-hybridized carbons (Fsp3) is 0.462. The van der Waals surface area contributed by atoms with Gasteiger partial charge in [-0.15, -0.1) is 0 Å². The number of hydrogen-bond donors (Lipinski definition) is 0. The van der Waals surface area contributed by atoms with E-state index in [4.69, 9.17) is 21.1 Å². The molecule has 0 atom stereocenters. The van der Waals surface area contributed by atoms with Crippen LogP contribution in [0.3, 0.4) is 0 Å². The Balaban J connectivity index is 1.26. The molecule has 7 nitrogen and oxygen atoms in total. The highest BCUT2D eigenvalue weighted by molar-refractivity contribution is 6.30. The normalized spacial score (nSPS) is 17.5. The first-order chi connectivity index (χ1) is 16.5. The van der Waals surface area contributed by atoms with Crippen LogP contribution in [0.2, 0.25) is 5.02 Å². The molecule has 0 spiro atoms. The average Bonchev–Trinajstić information content (AvgIpc) is 2.88. The van der Waals surface area contributed by atoms with Crippen molar-refractivity contribution >= 4 is 23.4 Å². The molecule has 0 aliphatic carbocycles. The molecule has 0 aromatic heterocycles. The van der Waals surface area contributed by atoms with Gasteiger partial charge in [0.05, 0.1) is 14.2 Å². The quantitative estimate of drug-likeness (QED) is 0.626. The third-order valence-corrected chi connectivity index (χ3v) is 6.94. The van der Waals surface area contributed by atoms with E-state index in [-0.39, 0.29) is 17.7 Å². The van der Waals surface area contributed by atoms with Crippen LogP contribution >= 0.6 is 11.6 Å². The Hall–Kier alpha value is -2.77. The maximum atomic E-state index is 13.1. The number of rotatable bonds is 6. The lowest BCUT2D eigenvalue weighted by Crippen LogP contribution is -2.51. The summed E-state index contributed by atoms with van der Waals surface area (Å²) in [5.74, 6) is 1.31. The summed E-state index contributed by atoms with van der Waals surface area (Å²) in [5.41, 5.74) is 1.73. The van der Waals surface area contributed by atoms with Gasteiger partial charge in [0.25, 0.3) is 5.91 Å². The van der Waals surface area contributed by atoms with Crippen LogP contribution in [0.1, 0.15) is 28.8 Å². The van der Waals surface area contributed by atoms with Gasteiger partial charge in [-0.25, -0.2) is 0 Å². The summed E-state index contributed by atoms with van der Waals surface area (Å²) < 4.78 is 10.6. The zero-order valence-corrected chi connectivity index (χ0v) is 20.6. The molecule has 182 valence electrons. The zero-order chi connectivity index (χ0) is 24.1. The molecule has 2 saturated heterocycles.